The summed E-state index contributed by atoms with van der Waals surface area (Å²) in [6, 6.07) is 28.2. The number of carbonyl (C=O) groups excluding carboxylic acids is 1. The third-order valence-corrected chi connectivity index (χ3v) is 5.85. The van der Waals surface area contributed by atoms with Gasteiger partial charge in [-0.2, -0.15) is 0 Å². The van der Waals surface area contributed by atoms with Gasteiger partial charge in [0.15, 0.2) is 5.69 Å². The van der Waals surface area contributed by atoms with Crippen LogP contribution in [-0.4, -0.2) is 20.4 Å². The molecule has 2 heterocycles. The van der Waals surface area contributed by atoms with E-state index in [1.54, 1.807) is 22.9 Å². The standard InChI is InChI=1S/C28H21N3O3/c32-26(16-15-20-9-3-1-4-10-20)30-24-14-8-7-13-22(24)23-17-18-29-27(28(23)30)25(31(33)34)19-21-11-5-2-6-12-21/h1-14,17-19H,15-16H2. The summed E-state index contributed by atoms with van der Waals surface area (Å²) in [5.74, 6) is -0.133. The van der Waals surface area contributed by atoms with Gasteiger partial charge in [-0.25, -0.2) is 4.98 Å². The molecular formula is C28H21N3O3. The van der Waals surface area contributed by atoms with E-state index in [2.05, 4.69) is 4.98 Å². The fraction of sp³-hybridized carbons (Fsp3) is 0.0714. The van der Waals surface area contributed by atoms with Crippen LogP contribution in [0.15, 0.2) is 97.2 Å². The van der Waals surface area contributed by atoms with Gasteiger partial charge in [0.25, 0.3) is 5.70 Å². The first-order chi connectivity index (χ1) is 16.6. The van der Waals surface area contributed by atoms with Gasteiger partial charge in [-0.15, -0.1) is 0 Å². The molecule has 0 saturated carbocycles. The molecule has 0 aliphatic rings. The highest BCUT2D eigenvalue weighted by molar-refractivity contribution is 6.15. The molecule has 0 amide bonds. The number of nitrogens with zero attached hydrogens (tertiary/aromatic N) is 3. The van der Waals surface area contributed by atoms with E-state index in [1.807, 2.05) is 78.9 Å². The van der Waals surface area contributed by atoms with Crippen LogP contribution in [0.5, 0.6) is 0 Å². The molecule has 5 aromatic rings. The highest BCUT2D eigenvalue weighted by Crippen LogP contribution is 2.34. The predicted molar refractivity (Wildman–Crippen MR) is 134 cm³/mol. The van der Waals surface area contributed by atoms with Crippen molar-refractivity contribution in [3.05, 3.63) is 124 Å². The van der Waals surface area contributed by atoms with Gasteiger partial charge in [0.1, 0.15) is 0 Å². The monoisotopic (exact) mass is 447 g/mol. The van der Waals surface area contributed by atoms with E-state index in [9.17, 15) is 14.9 Å². The summed E-state index contributed by atoms with van der Waals surface area (Å²) in [7, 11) is 0. The summed E-state index contributed by atoms with van der Waals surface area (Å²) in [6.45, 7) is 0. The molecule has 0 bridgehead atoms. The molecule has 0 saturated heterocycles. The Morgan fingerprint density at radius 3 is 2.29 bits per heavy atom. The second-order valence-corrected chi connectivity index (χ2v) is 7.98. The predicted octanol–water partition coefficient (Wildman–Crippen LogP) is 6.24. The Morgan fingerprint density at radius 1 is 0.882 bits per heavy atom. The quantitative estimate of drug-likeness (QED) is 0.228. The van der Waals surface area contributed by atoms with Crippen LogP contribution in [-0.2, 0) is 6.42 Å². The van der Waals surface area contributed by atoms with Crippen LogP contribution < -0.4 is 0 Å². The number of hydrogen-bond donors (Lipinski definition) is 0. The Balaban J connectivity index is 1.71. The third-order valence-electron chi connectivity index (χ3n) is 5.85. The Hall–Kier alpha value is -4.58. The fourth-order valence-corrected chi connectivity index (χ4v) is 4.28. The van der Waals surface area contributed by atoms with Crippen LogP contribution in [0, 0.1) is 10.1 Å². The summed E-state index contributed by atoms with van der Waals surface area (Å²) < 4.78 is 1.60. The van der Waals surface area contributed by atoms with E-state index in [0.717, 1.165) is 16.3 Å². The lowest BCUT2D eigenvalue weighted by molar-refractivity contribution is -0.374. The zero-order valence-corrected chi connectivity index (χ0v) is 18.3. The highest BCUT2D eigenvalue weighted by Gasteiger charge is 2.26. The van der Waals surface area contributed by atoms with Crippen LogP contribution in [0.25, 0.3) is 33.6 Å². The molecule has 34 heavy (non-hydrogen) atoms. The van der Waals surface area contributed by atoms with E-state index in [1.165, 1.54) is 6.08 Å². The van der Waals surface area contributed by atoms with Crippen LogP contribution in [0.4, 0.5) is 0 Å². The molecule has 0 aliphatic carbocycles. The molecule has 166 valence electrons. The van der Waals surface area contributed by atoms with Gasteiger partial charge in [0.2, 0.25) is 5.91 Å². The maximum absolute atomic E-state index is 13.6. The van der Waals surface area contributed by atoms with Crippen LogP contribution in [0.3, 0.4) is 0 Å². The lowest BCUT2D eigenvalue weighted by Gasteiger charge is -2.09. The lowest BCUT2D eigenvalue weighted by atomic mass is 10.1. The summed E-state index contributed by atoms with van der Waals surface area (Å²) in [5, 5.41) is 13.8. The summed E-state index contributed by atoms with van der Waals surface area (Å²) in [5.41, 5.74) is 2.94. The Labute approximate surface area is 195 Å². The maximum atomic E-state index is 13.6. The molecule has 0 unspecified atom stereocenters. The van der Waals surface area contributed by atoms with Crippen molar-refractivity contribution in [2.24, 2.45) is 0 Å². The van der Waals surface area contributed by atoms with Crippen LogP contribution in [0.2, 0.25) is 0 Å². The number of pyridine rings is 1. The van der Waals surface area contributed by atoms with Gasteiger partial charge in [0.05, 0.1) is 16.0 Å². The first kappa shape index (κ1) is 21.3. The molecule has 0 aliphatic heterocycles. The first-order valence-corrected chi connectivity index (χ1v) is 11.0. The molecule has 0 N–H and O–H groups in total. The van der Waals surface area contributed by atoms with E-state index < -0.39 is 4.92 Å². The third kappa shape index (κ3) is 3.97. The fourth-order valence-electron chi connectivity index (χ4n) is 4.28. The number of benzene rings is 3. The number of rotatable bonds is 6. The van der Waals surface area contributed by atoms with E-state index in [0.29, 0.717) is 23.0 Å². The summed E-state index contributed by atoms with van der Waals surface area (Å²) in [6.07, 6.45) is 3.90. The molecule has 3 aromatic carbocycles. The van der Waals surface area contributed by atoms with Crippen molar-refractivity contribution in [3.63, 3.8) is 0 Å². The van der Waals surface area contributed by atoms with Gasteiger partial charge < -0.3 is 0 Å². The topological polar surface area (TPSA) is 78.0 Å². The smallest absolute Gasteiger partial charge is 0.277 e. The number of aromatic nitrogens is 2. The van der Waals surface area contributed by atoms with Crippen molar-refractivity contribution < 1.29 is 9.72 Å². The van der Waals surface area contributed by atoms with Crippen LogP contribution >= 0.6 is 0 Å². The average molecular weight is 447 g/mol. The van der Waals surface area contributed by atoms with Gasteiger partial charge in [-0.3, -0.25) is 19.5 Å². The van der Waals surface area contributed by atoms with Gasteiger partial charge in [-0.05, 0) is 29.7 Å². The summed E-state index contributed by atoms with van der Waals surface area (Å²) in [4.78, 5) is 29.7. The molecule has 6 nitrogen and oxygen atoms in total. The lowest BCUT2D eigenvalue weighted by Crippen LogP contribution is -2.13. The van der Waals surface area contributed by atoms with Crippen molar-refractivity contribution in [2.75, 3.05) is 0 Å². The number of carbonyl (C=O) groups is 1. The Kier molecular flexibility index (Phi) is 5.70. The number of aryl methyl sites for hydroxylation is 1. The van der Waals surface area contributed by atoms with Gasteiger partial charge in [-0.1, -0.05) is 78.9 Å². The van der Waals surface area contributed by atoms with Crippen molar-refractivity contribution >= 4 is 39.5 Å². The maximum Gasteiger partial charge on any atom is 0.297 e. The van der Waals surface area contributed by atoms with Crippen molar-refractivity contribution in [1.29, 1.82) is 0 Å². The average Bonchev–Trinajstić information content (AvgIpc) is 3.22. The molecule has 0 atom stereocenters. The van der Waals surface area contributed by atoms with Crippen molar-refractivity contribution in [2.45, 2.75) is 12.8 Å². The van der Waals surface area contributed by atoms with Crippen molar-refractivity contribution in [3.8, 4) is 0 Å². The minimum absolute atomic E-state index is 0.133. The molecule has 0 spiro atoms. The zero-order valence-electron chi connectivity index (χ0n) is 18.3. The molecule has 0 fully saturated rings. The van der Waals surface area contributed by atoms with E-state index in [-0.39, 0.29) is 23.7 Å². The van der Waals surface area contributed by atoms with E-state index in [4.69, 9.17) is 0 Å². The molecule has 5 rings (SSSR count). The van der Waals surface area contributed by atoms with Gasteiger partial charge in [0, 0.05) is 29.5 Å². The van der Waals surface area contributed by atoms with Crippen LogP contribution in [0.1, 0.15) is 28.0 Å². The largest absolute Gasteiger partial charge is 0.297 e. The minimum Gasteiger partial charge on any atom is -0.277 e. The highest BCUT2D eigenvalue weighted by atomic mass is 16.6. The summed E-state index contributed by atoms with van der Waals surface area (Å²) >= 11 is 0. The number of fused-ring (bicyclic) bond motifs is 3. The normalized spacial score (nSPS) is 11.7. The first-order valence-electron chi connectivity index (χ1n) is 11.0. The molecule has 6 heteroatoms. The molecular weight excluding hydrogens is 426 g/mol. The Morgan fingerprint density at radius 2 is 1.56 bits per heavy atom. The molecule has 0 radical (unpaired) electrons. The number of hydrogen-bond acceptors (Lipinski definition) is 4. The minimum atomic E-state index is -0.439. The second kappa shape index (κ2) is 9.11. The zero-order chi connectivity index (χ0) is 23.5. The van der Waals surface area contributed by atoms with Gasteiger partial charge >= 0.3 is 0 Å². The van der Waals surface area contributed by atoms with Crippen molar-refractivity contribution in [1.82, 2.24) is 9.55 Å². The van der Waals surface area contributed by atoms with E-state index >= 15 is 0 Å². The Bertz CT molecular complexity index is 1540. The SMILES string of the molecule is O=C(CCc1ccccc1)n1c2ccccc2c2ccnc(C(=Cc3ccccc3)[N+](=O)[O-])c21. The second-order valence-electron chi connectivity index (χ2n) is 7.98. The number of para-hydroxylation sites is 1. The molecule has 2 aromatic heterocycles. The number of nitro groups is 1.